The molecule has 0 unspecified atom stereocenters. The lowest BCUT2D eigenvalue weighted by Crippen LogP contribution is -2.08. The van der Waals surface area contributed by atoms with Crippen LogP contribution in [-0.4, -0.2) is 20.2 Å². The largest absolute Gasteiger partial charge is 0.493 e. The molecule has 0 atom stereocenters. The summed E-state index contributed by atoms with van der Waals surface area (Å²) in [4.78, 5) is 11.9. The van der Waals surface area contributed by atoms with Crippen LogP contribution in [0, 0.1) is 11.3 Å². The van der Waals surface area contributed by atoms with Crippen LogP contribution < -0.4 is 9.47 Å². The van der Waals surface area contributed by atoms with E-state index in [0.29, 0.717) is 17.1 Å². The molecular weight excluding hydrogens is 294 g/mol. The molecule has 5 nitrogen and oxygen atoms in total. The van der Waals surface area contributed by atoms with Gasteiger partial charge in [0.15, 0.2) is 11.5 Å². The van der Waals surface area contributed by atoms with Crippen molar-refractivity contribution in [3.63, 3.8) is 0 Å². The predicted molar refractivity (Wildman–Crippen MR) is 84.2 cm³/mol. The molecule has 5 heteroatoms. The Hall–Kier alpha value is -3.00. The highest BCUT2D eigenvalue weighted by molar-refractivity contribution is 5.73. The molecule has 0 aliphatic rings. The van der Waals surface area contributed by atoms with Gasteiger partial charge in [-0.1, -0.05) is 18.2 Å². The molecule has 0 saturated carbocycles. The first kappa shape index (κ1) is 16.4. The van der Waals surface area contributed by atoms with Crippen molar-refractivity contribution in [3.05, 3.63) is 59.2 Å². The quantitative estimate of drug-likeness (QED) is 0.767. The molecule has 0 N–H and O–H groups in total. The van der Waals surface area contributed by atoms with E-state index < -0.39 is 0 Å². The summed E-state index contributed by atoms with van der Waals surface area (Å²) < 4.78 is 15.6. The minimum Gasteiger partial charge on any atom is -0.493 e. The highest BCUT2D eigenvalue weighted by atomic mass is 16.5. The zero-order chi connectivity index (χ0) is 16.7. The number of hydrogen-bond donors (Lipinski definition) is 0. The van der Waals surface area contributed by atoms with E-state index in [1.165, 1.54) is 0 Å². The molecule has 0 bridgehead atoms. The van der Waals surface area contributed by atoms with E-state index in [0.717, 1.165) is 11.1 Å². The number of carbonyl (C=O) groups excluding carboxylic acids is 1. The number of hydrogen-bond acceptors (Lipinski definition) is 5. The average Bonchev–Trinajstić information content (AvgIpc) is 2.60. The average molecular weight is 311 g/mol. The zero-order valence-corrected chi connectivity index (χ0v) is 13.0. The molecule has 0 aliphatic heterocycles. The Balaban J connectivity index is 1.92. The first-order valence-electron chi connectivity index (χ1n) is 7.02. The predicted octanol–water partition coefficient (Wildman–Crippen LogP) is 2.86. The number of nitriles is 1. The Morgan fingerprint density at radius 3 is 2.26 bits per heavy atom. The van der Waals surface area contributed by atoms with E-state index in [-0.39, 0.29) is 19.0 Å². The van der Waals surface area contributed by atoms with Crippen LogP contribution in [-0.2, 0) is 22.6 Å². The monoisotopic (exact) mass is 311 g/mol. The van der Waals surface area contributed by atoms with Gasteiger partial charge < -0.3 is 14.2 Å². The van der Waals surface area contributed by atoms with E-state index in [9.17, 15) is 4.79 Å². The maximum Gasteiger partial charge on any atom is 0.310 e. The number of ether oxygens (including phenoxy) is 3. The Morgan fingerprint density at radius 1 is 1.00 bits per heavy atom. The van der Waals surface area contributed by atoms with Gasteiger partial charge in [-0.05, 0) is 35.4 Å². The fraction of sp³-hybridized carbons (Fsp3) is 0.222. The molecule has 2 rings (SSSR count). The summed E-state index contributed by atoms with van der Waals surface area (Å²) in [5.41, 5.74) is 2.20. The lowest BCUT2D eigenvalue weighted by molar-refractivity contribution is -0.144. The molecule has 0 radical (unpaired) electrons. The lowest BCUT2D eigenvalue weighted by Gasteiger charge is -2.09. The standard InChI is InChI=1S/C18H17NO4/c1-21-16-8-7-15(9-17(16)22-2)10-18(20)23-12-14-5-3-13(11-19)4-6-14/h3-9H,10,12H2,1-2H3. The minimum atomic E-state index is -0.332. The Labute approximate surface area is 135 Å². The molecular formula is C18H17NO4. The molecule has 0 amide bonds. The van der Waals surface area contributed by atoms with Crippen molar-refractivity contribution in [3.8, 4) is 17.6 Å². The molecule has 0 saturated heterocycles. The SMILES string of the molecule is COc1ccc(CC(=O)OCc2ccc(C#N)cc2)cc1OC. The van der Waals surface area contributed by atoms with Crippen LogP contribution in [0.3, 0.4) is 0 Å². The smallest absolute Gasteiger partial charge is 0.310 e. The van der Waals surface area contributed by atoms with Crippen LogP contribution in [0.4, 0.5) is 0 Å². The third-order valence-corrected chi connectivity index (χ3v) is 3.28. The maximum atomic E-state index is 11.9. The molecule has 0 fully saturated rings. The van der Waals surface area contributed by atoms with Crippen LogP contribution in [0.25, 0.3) is 0 Å². The van der Waals surface area contributed by atoms with Gasteiger partial charge in [0.1, 0.15) is 6.61 Å². The molecule has 118 valence electrons. The van der Waals surface area contributed by atoms with Gasteiger partial charge in [0.2, 0.25) is 0 Å². The van der Waals surface area contributed by atoms with Gasteiger partial charge in [-0.3, -0.25) is 4.79 Å². The van der Waals surface area contributed by atoms with Gasteiger partial charge in [0.25, 0.3) is 0 Å². The van der Waals surface area contributed by atoms with E-state index >= 15 is 0 Å². The van der Waals surface area contributed by atoms with E-state index in [4.69, 9.17) is 19.5 Å². The van der Waals surface area contributed by atoms with Crippen molar-refractivity contribution in [2.24, 2.45) is 0 Å². The van der Waals surface area contributed by atoms with Crippen LogP contribution in [0.5, 0.6) is 11.5 Å². The molecule has 2 aromatic rings. The third kappa shape index (κ3) is 4.48. The highest BCUT2D eigenvalue weighted by Gasteiger charge is 2.09. The van der Waals surface area contributed by atoms with Gasteiger partial charge in [-0.15, -0.1) is 0 Å². The molecule has 0 aliphatic carbocycles. The number of esters is 1. The normalized spacial score (nSPS) is 9.78. The summed E-state index contributed by atoms with van der Waals surface area (Å²) in [6, 6.07) is 14.3. The molecule has 0 aromatic heterocycles. The number of benzene rings is 2. The van der Waals surface area contributed by atoms with E-state index in [1.807, 2.05) is 6.07 Å². The molecule has 23 heavy (non-hydrogen) atoms. The molecule has 2 aromatic carbocycles. The number of carbonyl (C=O) groups is 1. The summed E-state index contributed by atoms with van der Waals surface area (Å²) >= 11 is 0. The topological polar surface area (TPSA) is 68.5 Å². The fourth-order valence-electron chi connectivity index (χ4n) is 2.05. The van der Waals surface area contributed by atoms with E-state index in [1.54, 1.807) is 56.7 Å². The van der Waals surface area contributed by atoms with Gasteiger partial charge in [0.05, 0.1) is 32.3 Å². The highest BCUT2D eigenvalue weighted by Crippen LogP contribution is 2.27. The van der Waals surface area contributed by atoms with E-state index in [2.05, 4.69) is 0 Å². The molecule has 0 spiro atoms. The zero-order valence-electron chi connectivity index (χ0n) is 13.0. The summed E-state index contributed by atoms with van der Waals surface area (Å²) in [7, 11) is 3.11. The van der Waals surface area contributed by atoms with Crippen LogP contribution >= 0.6 is 0 Å². The second-order valence-electron chi connectivity index (χ2n) is 4.84. The second kappa shape index (κ2) is 7.85. The Bertz CT molecular complexity index is 717. The van der Waals surface area contributed by atoms with Crippen LogP contribution in [0.1, 0.15) is 16.7 Å². The third-order valence-electron chi connectivity index (χ3n) is 3.28. The summed E-state index contributed by atoms with van der Waals surface area (Å²) in [5.74, 6) is 0.855. The number of rotatable bonds is 6. The van der Waals surface area contributed by atoms with Crippen molar-refractivity contribution >= 4 is 5.97 Å². The summed E-state index contributed by atoms with van der Waals surface area (Å²) in [6.45, 7) is 0.178. The Kier molecular flexibility index (Phi) is 5.59. The minimum absolute atomic E-state index is 0.149. The van der Waals surface area contributed by atoms with Crippen LogP contribution in [0.15, 0.2) is 42.5 Å². The van der Waals surface area contributed by atoms with Crippen molar-refractivity contribution in [2.75, 3.05) is 14.2 Å². The number of methoxy groups -OCH3 is 2. The maximum absolute atomic E-state index is 11.9. The van der Waals surface area contributed by atoms with Gasteiger partial charge >= 0.3 is 5.97 Å². The molecule has 0 heterocycles. The van der Waals surface area contributed by atoms with Crippen molar-refractivity contribution in [2.45, 2.75) is 13.0 Å². The van der Waals surface area contributed by atoms with Crippen molar-refractivity contribution < 1.29 is 19.0 Å². The van der Waals surface area contributed by atoms with Gasteiger partial charge in [-0.25, -0.2) is 0 Å². The Morgan fingerprint density at radius 2 is 1.65 bits per heavy atom. The first-order chi connectivity index (χ1) is 11.2. The second-order valence-corrected chi connectivity index (χ2v) is 4.84. The summed E-state index contributed by atoms with van der Waals surface area (Å²) in [6.07, 6.45) is 0.149. The van der Waals surface area contributed by atoms with Gasteiger partial charge in [-0.2, -0.15) is 5.26 Å². The fourth-order valence-corrected chi connectivity index (χ4v) is 2.05. The van der Waals surface area contributed by atoms with Crippen molar-refractivity contribution in [1.82, 2.24) is 0 Å². The lowest BCUT2D eigenvalue weighted by atomic mass is 10.1. The number of nitrogens with zero attached hydrogens (tertiary/aromatic N) is 1. The van der Waals surface area contributed by atoms with Gasteiger partial charge in [0, 0.05) is 0 Å². The van der Waals surface area contributed by atoms with Crippen molar-refractivity contribution in [1.29, 1.82) is 5.26 Å². The summed E-state index contributed by atoms with van der Waals surface area (Å²) in [5, 5.41) is 8.74. The van der Waals surface area contributed by atoms with Crippen LogP contribution in [0.2, 0.25) is 0 Å². The first-order valence-corrected chi connectivity index (χ1v) is 7.02.